The minimum absolute atomic E-state index is 0.451. The Morgan fingerprint density at radius 2 is 1.67 bits per heavy atom. The van der Waals surface area contributed by atoms with Crippen LogP contribution in [0.2, 0.25) is 0 Å². The number of rotatable bonds is 0. The highest BCUT2D eigenvalue weighted by molar-refractivity contribution is 5.10. The fourth-order valence-electron chi connectivity index (χ4n) is 7.58. The topological polar surface area (TPSA) is 52.0 Å². The molecule has 4 aliphatic rings. The molecular formula is C19H34N2. The molecule has 4 saturated carbocycles. The number of fused-ring (bicyclic) bond motifs is 5. The predicted octanol–water partition coefficient (Wildman–Crippen LogP) is 3.68. The second kappa shape index (κ2) is 4.71. The molecule has 4 N–H and O–H groups in total. The van der Waals surface area contributed by atoms with Gasteiger partial charge in [-0.2, -0.15) is 0 Å². The van der Waals surface area contributed by atoms with Crippen LogP contribution in [0.5, 0.6) is 0 Å². The van der Waals surface area contributed by atoms with Gasteiger partial charge >= 0.3 is 0 Å². The second-order valence-electron chi connectivity index (χ2n) is 9.53. The number of hydrogen-bond donors (Lipinski definition) is 2. The van der Waals surface area contributed by atoms with E-state index in [9.17, 15) is 0 Å². The molecule has 120 valence electrons. The molecule has 0 saturated heterocycles. The average molecular weight is 290 g/mol. The molecule has 4 rings (SSSR count). The van der Waals surface area contributed by atoms with Crippen molar-refractivity contribution in [1.82, 2.24) is 0 Å². The molecule has 0 aromatic carbocycles. The molecule has 8 atom stereocenters. The van der Waals surface area contributed by atoms with Gasteiger partial charge in [0.25, 0.3) is 0 Å². The highest BCUT2D eigenvalue weighted by atomic mass is 14.8. The van der Waals surface area contributed by atoms with E-state index < -0.39 is 0 Å². The smallest absolute Gasteiger partial charge is 0.00753 e. The van der Waals surface area contributed by atoms with Gasteiger partial charge in [-0.3, -0.25) is 0 Å². The molecule has 2 nitrogen and oxygen atoms in total. The lowest BCUT2D eigenvalue weighted by molar-refractivity contribution is -0.111. The molecule has 4 fully saturated rings. The Morgan fingerprint density at radius 1 is 0.857 bits per heavy atom. The van der Waals surface area contributed by atoms with Crippen LogP contribution in [0.15, 0.2) is 0 Å². The fraction of sp³-hybridized carbons (Fsp3) is 1.00. The van der Waals surface area contributed by atoms with E-state index in [0.717, 1.165) is 23.7 Å². The molecule has 3 unspecified atom stereocenters. The Kier molecular flexibility index (Phi) is 3.25. The summed E-state index contributed by atoms with van der Waals surface area (Å²) in [5.41, 5.74) is 14.1. The van der Waals surface area contributed by atoms with Crippen molar-refractivity contribution in [3.05, 3.63) is 0 Å². The summed E-state index contributed by atoms with van der Waals surface area (Å²) in [7, 11) is 0. The predicted molar refractivity (Wildman–Crippen MR) is 87.7 cm³/mol. The van der Waals surface area contributed by atoms with Gasteiger partial charge in [0.2, 0.25) is 0 Å². The van der Waals surface area contributed by atoms with E-state index in [-0.39, 0.29) is 0 Å². The maximum atomic E-state index is 6.71. The van der Waals surface area contributed by atoms with E-state index in [1.165, 1.54) is 57.8 Å². The van der Waals surface area contributed by atoms with Crippen LogP contribution in [0.3, 0.4) is 0 Å². The minimum atomic E-state index is 0.451. The van der Waals surface area contributed by atoms with Crippen molar-refractivity contribution in [3.63, 3.8) is 0 Å². The first-order chi connectivity index (χ1) is 9.94. The summed E-state index contributed by atoms with van der Waals surface area (Å²) in [5.74, 6) is 3.46. The average Bonchev–Trinajstić information content (AvgIpc) is 2.73. The quantitative estimate of drug-likeness (QED) is 0.715. The molecule has 0 heterocycles. The first-order valence-corrected chi connectivity index (χ1v) is 9.45. The molecule has 0 bridgehead atoms. The van der Waals surface area contributed by atoms with Crippen LogP contribution in [-0.4, -0.2) is 12.1 Å². The molecule has 4 aliphatic carbocycles. The third-order valence-corrected chi connectivity index (χ3v) is 8.48. The number of nitrogens with two attached hydrogens (primary N) is 2. The van der Waals surface area contributed by atoms with Gasteiger partial charge in [-0.05, 0) is 79.4 Å². The molecule has 2 heteroatoms. The normalized spacial score (nSPS) is 60.0. The highest BCUT2D eigenvalue weighted by Gasteiger charge is 2.59. The monoisotopic (exact) mass is 290 g/mol. The van der Waals surface area contributed by atoms with Crippen LogP contribution < -0.4 is 11.5 Å². The van der Waals surface area contributed by atoms with Gasteiger partial charge in [0, 0.05) is 12.1 Å². The summed E-state index contributed by atoms with van der Waals surface area (Å²) >= 11 is 0. The van der Waals surface area contributed by atoms with Crippen molar-refractivity contribution in [1.29, 1.82) is 0 Å². The molecule has 21 heavy (non-hydrogen) atoms. The summed E-state index contributed by atoms with van der Waals surface area (Å²) in [6.07, 6.45) is 12.4. The molecule has 0 aromatic rings. The van der Waals surface area contributed by atoms with E-state index >= 15 is 0 Å². The van der Waals surface area contributed by atoms with Gasteiger partial charge in [-0.1, -0.05) is 26.7 Å². The Balaban J connectivity index is 1.67. The summed E-state index contributed by atoms with van der Waals surface area (Å²) in [5, 5.41) is 0. The third kappa shape index (κ3) is 1.97. The van der Waals surface area contributed by atoms with Crippen LogP contribution in [0, 0.1) is 34.5 Å². The lowest BCUT2D eigenvalue weighted by Gasteiger charge is -2.61. The minimum Gasteiger partial charge on any atom is -0.328 e. The largest absolute Gasteiger partial charge is 0.328 e. The Hall–Kier alpha value is -0.0800. The Labute approximate surface area is 130 Å². The van der Waals surface area contributed by atoms with Crippen LogP contribution >= 0.6 is 0 Å². The summed E-state index contributed by atoms with van der Waals surface area (Å²) in [6.45, 7) is 5.13. The summed E-state index contributed by atoms with van der Waals surface area (Å²) in [6, 6.07) is 0.905. The van der Waals surface area contributed by atoms with Gasteiger partial charge < -0.3 is 11.5 Å². The third-order valence-electron chi connectivity index (χ3n) is 8.48. The van der Waals surface area contributed by atoms with Crippen LogP contribution in [0.1, 0.15) is 71.6 Å². The fourth-order valence-corrected chi connectivity index (χ4v) is 7.58. The van der Waals surface area contributed by atoms with Crippen molar-refractivity contribution in [2.75, 3.05) is 0 Å². The maximum absolute atomic E-state index is 6.71. The Morgan fingerprint density at radius 3 is 2.48 bits per heavy atom. The van der Waals surface area contributed by atoms with Crippen LogP contribution in [0.25, 0.3) is 0 Å². The van der Waals surface area contributed by atoms with Gasteiger partial charge in [0.15, 0.2) is 0 Å². The van der Waals surface area contributed by atoms with Crippen molar-refractivity contribution in [2.24, 2.45) is 46.0 Å². The zero-order chi connectivity index (χ0) is 14.8. The van der Waals surface area contributed by atoms with Gasteiger partial charge in [0.05, 0.1) is 0 Å². The van der Waals surface area contributed by atoms with E-state index in [1.807, 2.05) is 0 Å². The number of hydrogen-bond acceptors (Lipinski definition) is 2. The Bertz CT molecular complexity index is 422. The SMILES string of the molecule is C[C@]12CC[C@H]3[C@@H](CC(N)C4CCCC[C@@]43C)[C@@H]1CC(N)C2. The van der Waals surface area contributed by atoms with Gasteiger partial charge in [-0.25, -0.2) is 0 Å². The lowest BCUT2D eigenvalue weighted by atomic mass is 9.44. The molecule has 0 aliphatic heterocycles. The van der Waals surface area contributed by atoms with Crippen molar-refractivity contribution < 1.29 is 0 Å². The summed E-state index contributed by atoms with van der Waals surface area (Å²) < 4.78 is 0. The van der Waals surface area contributed by atoms with Gasteiger partial charge in [-0.15, -0.1) is 0 Å². The molecule has 0 radical (unpaired) electrons. The van der Waals surface area contributed by atoms with Crippen molar-refractivity contribution in [2.45, 2.75) is 83.7 Å². The van der Waals surface area contributed by atoms with Crippen LogP contribution in [-0.2, 0) is 0 Å². The first kappa shape index (κ1) is 14.5. The standard InChI is InChI=1S/C19H34N2/c1-18-8-6-14-13(16(18)9-12(20)11-18)10-17(21)15-5-3-4-7-19(14,15)2/h12-17H,3-11,20-21H2,1-2H3/t12?,13-,14+,15?,16+,17?,18-,19-/m1/s1. The van der Waals surface area contributed by atoms with Crippen molar-refractivity contribution in [3.8, 4) is 0 Å². The highest BCUT2D eigenvalue weighted by Crippen LogP contribution is 2.65. The lowest BCUT2D eigenvalue weighted by Crippen LogP contribution is -2.58. The van der Waals surface area contributed by atoms with Crippen LogP contribution in [0.4, 0.5) is 0 Å². The van der Waals surface area contributed by atoms with Crippen molar-refractivity contribution >= 4 is 0 Å². The second-order valence-corrected chi connectivity index (χ2v) is 9.53. The van der Waals surface area contributed by atoms with E-state index in [1.54, 1.807) is 0 Å². The zero-order valence-corrected chi connectivity index (χ0v) is 14.0. The molecule has 0 aromatic heterocycles. The van der Waals surface area contributed by atoms with Gasteiger partial charge in [0.1, 0.15) is 0 Å². The zero-order valence-electron chi connectivity index (χ0n) is 14.0. The maximum Gasteiger partial charge on any atom is 0.00753 e. The summed E-state index contributed by atoms with van der Waals surface area (Å²) in [4.78, 5) is 0. The van der Waals surface area contributed by atoms with E-state index in [0.29, 0.717) is 22.9 Å². The molecular weight excluding hydrogens is 256 g/mol. The first-order valence-electron chi connectivity index (χ1n) is 9.45. The molecule has 0 spiro atoms. The van der Waals surface area contributed by atoms with E-state index in [4.69, 9.17) is 11.5 Å². The molecule has 0 amide bonds. The van der Waals surface area contributed by atoms with E-state index in [2.05, 4.69) is 13.8 Å².